The van der Waals surface area contributed by atoms with Crippen molar-refractivity contribution in [3.8, 4) is 0 Å². The molecule has 2 aromatic rings. The highest BCUT2D eigenvalue weighted by Crippen LogP contribution is 2.39. The smallest absolute Gasteiger partial charge is 0.416 e. The van der Waals surface area contributed by atoms with Crippen LogP contribution in [0.3, 0.4) is 0 Å². The van der Waals surface area contributed by atoms with E-state index in [0.29, 0.717) is 25.8 Å². The van der Waals surface area contributed by atoms with Gasteiger partial charge in [0.2, 0.25) is 0 Å². The molecule has 4 nitrogen and oxygen atoms in total. The Bertz CT molecular complexity index is 793. The molecule has 2 aromatic carbocycles. The zero-order valence-corrected chi connectivity index (χ0v) is 15.9. The van der Waals surface area contributed by atoms with Gasteiger partial charge in [-0.25, -0.2) is 4.79 Å². The normalized spacial score (nSPS) is 22.1. The van der Waals surface area contributed by atoms with Gasteiger partial charge in [0.05, 0.1) is 11.7 Å². The molecule has 29 heavy (non-hydrogen) atoms. The fourth-order valence-corrected chi connectivity index (χ4v) is 3.77. The van der Waals surface area contributed by atoms with Gasteiger partial charge in [-0.3, -0.25) is 0 Å². The van der Waals surface area contributed by atoms with E-state index >= 15 is 0 Å². The Kier molecular flexibility index (Phi) is 6.79. The molecule has 3 rings (SSSR count). The van der Waals surface area contributed by atoms with Crippen molar-refractivity contribution in [1.82, 2.24) is 5.32 Å². The van der Waals surface area contributed by atoms with Crippen LogP contribution in [-0.4, -0.2) is 23.8 Å². The van der Waals surface area contributed by atoms with Gasteiger partial charge < -0.3 is 15.2 Å². The number of aliphatic hydroxyl groups is 1. The van der Waals surface area contributed by atoms with Gasteiger partial charge in [0.15, 0.2) is 0 Å². The summed E-state index contributed by atoms with van der Waals surface area (Å²) in [5, 5.41) is 12.8. The zero-order valence-electron chi connectivity index (χ0n) is 15.9. The Morgan fingerprint density at radius 3 is 2.41 bits per heavy atom. The number of aliphatic hydroxyl groups excluding tert-OH is 1. The number of carbonyl (C=O) groups excluding carboxylic acids is 1. The van der Waals surface area contributed by atoms with Crippen LogP contribution in [0.25, 0.3) is 0 Å². The highest BCUT2D eigenvalue weighted by atomic mass is 19.4. The second kappa shape index (κ2) is 9.31. The van der Waals surface area contributed by atoms with Crippen LogP contribution in [-0.2, 0) is 17.5 Å². The maximum absolute atomic E-state index is 12.8. The zero-order chi connectivity index (χ0) is 20.9. The van der Waals surface area contributed by atoms with Gasteiger partial charge in [0.1, 0.15) is 6.61 Å². The first kappa shape index (κ1) is 21.2. The van der Waals surface area contributed by atoms with Crippen LogP contribution in [0.2, 0.25) is 0 Å². The largest absolute Gasteiger partial charge is 0.445 e. The summed E-state index contributed by atoms with van der Waals surface area (Å²) in [5.41, 5.74) is 0.920. The summed E-state index contributed by atoms with van der Waals surface area (Å²) < 4.78 is 43.6. The van der Waals surface area contributed by atoms with E-state index in [2.05, 4.69) is 5.32 Å². The summed E-state index contributed by atoms with van der Waals surface area (Å²) >= 11 is 0. The first-order valence-corrected chi connectivity index (χ1v) is 9.62. The monoisotopic (exact) mass is 407 g/mol. The summed E-state index contributed by atoms with van der Waals surface area (Å²) in [6.45, 7) is 0.504. The summed E-state index contributed by atoms with van der Waals surface area (Å²) in [5.74, 6) is -0.116. The van der Waals surface area contributed by atoms with Crippen LogP contribution in [0.5, 0.6) is 0 Å². The number of hydrogen-bond acceptors (Lipinski definition) is 3. The lowest BCUT2D eigenvalue weighted by molar-refractivity contribution is -0.137. The maximum atomic E-state index is 12.8. The fraction of sp³-hybridized carbons (Fsp3) is 0.409. The van der Waals surface area contributed by atoms with Crippen molar-refractivity contribution in [3.05, 3.63) is 71.3 Å². The van der Waals surface area contributed by atoms with Crippen molar-refractivity contribution in [2.45, 2.75) is 44.1 Å². The third-order valence-corrected chi connectivity index (χ3v) is 5.35. The van der Waals surface area contributed by atoms with Crippen LogP contribution < -0.4 is 5.32 Å². The Morgan fingerprint density at radius 1 is 1.07 bits per heavy atom. The number of nitrogens with one attached hydrogen (secondary N) is 1. The molecular formula is C22H24F3NO3. The number of ether oxygens (including phenoxy) is 1. The van der Waals surface area contributed by atoms with E-state index in [0.717, 1.165) is 23.3 Å². The number of carbonyl (C=O) groups is 1. The number of benzene rings is 2. The lowest BCUT2D eigenvalue weighted by atomic mass is 9.74. The topological polar surface area (TPSA) is 58.6 Å². The summed E-state index contributed by atoms with van der Waals surface area (Å²) in [4.78, 5) is 12.0. The average Bonchev–Trinajstić information content (AvgIpc) is 2.71. The van der Waals surface area contributed by atoms with Crippen molar-refractivity contribution in [2.75, 3.05) is 6.54 Å². The molecule has 0 saturated heterocycles. The van der Waals surface area contributed by atoms with Crippen molar-refractivity contribution < 1.29 is 27.8 Å². The third kappa shape index (κ3) is 5.97. The van der Waals surface area contributed by atoms with Gasteiger partial charge in [-0.15, -0.1) is 0 Å². The van der Waals surface area contributed by atoms with Gasteiger partial charge in [0.25, 0.3) is 0 Å². The van der Waals surface area contributed by atoms with E-state index < -0.39 is 23.9 Å². The molecule has 2 N–H and O–H groups in total. The van der Waals surface area contributed by atoms with E-state index in [-0.39, 0.29) is 18.4 Å². The number of hydrogen-bond donors (Lipinski definition) is 2. The molecule has 1 unspecified atom stereocenters. The highest BCUT2D eigenvalue weighted by molar-refractivity contribution is 5.67. The van der Waals surface area contributed by atoms with Crippen molar-refractivity contribution in [2.24, 2.45) is 5.92 Å². The molecule has 0 radical (unpaired) electrons. The molecule has 1 saturated carbocycles. The first-order valence-electron chi connectivity index (χ1n) is 9.62. The molecule has 1 amide bonds. The fourth-order valence-electron chi connectivity index (χ4n) is 3.77. The van der Waals surface area contributed by atoms with E-state index in [1.54, 1.807) is 0 Å². The molecule has 3 atom stereocenters. The number of rotatable bonds is 5. The molecule has 156 valence electrons. The van der Waals surface area contributed by atoms with Crippen LogP contribution in [0.4, 0.5) is 18.0 Å². The number of alkyl carbamates (subject to hydrolysis) is 1. The second-order valence-electron chi connectivity index (χ2n) is 7.40. The summed E-state index contributed by atoms with van der Waals surface area (Å²) in [7, 11) is 0. The van der Waals surface area contributed by atoms with Crippen molar-refractivity contribution in [1.29, 1.82) is 0 Å². The maximum Gasteiger partial charge on any atom is 0.416 e. The van der Waals surface area contributed by atoms with Gasteiger partial charge in [-0.2, -0.15) is 13.2 Å². The minimum absolute atomic E-state index is 0.0133. The Hall–Kier alpha value is -2.54. The van der Waals surface area contributed by atoms with Crippen LogP contribution >= 0.6 is 0 Å². The molecule has 0 heterocycles. The summed E-state index contributed by atoms with van der Waals surface area (Å²) in [6.07, 6.45) is -3.69. The molecule has 1 aliphatic carbocycles. The quantitative estimate of drug-likeness (QED) is 0.743. The summed E-state index contributed by atoms with van der Waals surface area (Å²) in [6, 6.07) is 14.4. The van der Waals surface area contributed by atoms with Crippen LogP contribution in [0.1, 0.15) is 41.9 Å². The Labute approximate surface area is 167 Å². The van der Waals surface area contributed by atoms with Crippen molar-refractivity contribution in [3.63, 3.8) is 0 Å². The van der Waals surface area contributed by atoms with Crippen LogP contribution in [0, 0.1) is 5.92 Å². The lowest BCUT2D eigenvalue weighted by Crippen LogP contribution is -2.36. The predicted octanol–water partition coefficient (Wildman–Crippen LogP) is 4.88. The average molecular weight is 407 g/mol. The van der Waals surface area contributed by atoms with Crippen molar-refractivity contribution >= 4 is 6.09 Å². The highest BCUT2D eigenvalue weighted by Gasteiger charge is 2.33. The predicted molar refractivity (Wildman–Crippen MR) is 102 cm³/mol. The SMILES string of the molecule is O=C(NC[C@@H]1CCC(O)C[C@H]1c1ccc(C(F)(F)F)cc1)OCc1ccccc1. The van der Waals surface area contributed by atoms with E-state index in [9.17, 15) is 23.1 Å². The molecule has 0 aromatic heterocycles. The molecular weight excluding hydrogens is 383 g/mol. The minimum atomic E-state index is -4.38. The van der Waals surface area contributed by atoms with Gasteiger partial charge in [0, 0.05) is 6.54 Å². The number of alkyl halides is 3. The second-order valence-corrected chi connectivity index (χ2v) is 7.40. The van der Waals surface area contributed by atoms with E-state index in [4.69, 9.17) is 4.74 Å². The molecule has 1 fully saturated rings. The third-order valence-electron chi connectivity index (χ3n) is 5.35. The Balaban J connectivity index is 1.58. The first-order chi connectivity index (χ1) is 13.8. The number of halogens is 3. The van der Waals surface area contributed by atoms with Gasteiger partial charge in [-0.1, -0.05) is 42.5 Å². The standard InChI is InChI=1S/C22H24F3NO3/c23-22(24,25)18-9-6-16(7-10-18)20-12-19(27)11-8-17(20)13-26-21(28)29-14-15-4-2-1-3-5-15/h1-7,9-10,17,19-20,27H,8,11-14H2,(H,26,28)/t17-,19?,20-/m0/s1. The molecule has 0 bridgehead atoms. The van der Waals surface area contributed by atoms with Crippen LogP contribution in [0.15, 0.2) is 54.6 Å². The van der Waals surface area contributed by atoms with Gasteiger partial charge in [-0.05, 0) is 54.4 Å². The minimum Gasteiger partial charge on any atom is -0.445 e. The molecule has 7 heteroatoms. The van der Waals surface area contributed by atoms with E-state index in [1.165, 1.54) is 12.1 Å². The number of amides is 1. The van der Waals surface area contributed by atoms with E-state index in [1.807, 2.05) is 30.3 Å². The lowest BCUT2D eigenvalue weighted by Gasteiger charge is -2.34. The van der Waals surface area contributed by atoms with Gasteiger partial charge >= 0.3 is 12.3 Å². The molecule has 0 spiro atoms. The molecule has 0 aliphatic heterocycles. The Morgan fingerprint density at radius 2 is 1.76 bits per heavy atom. The molecule has 1 aliphatic rings.